The average Bonchev–Trinajstić information content (AvgIpc) is 3.11. The highest BCUT2D eigenvalue weighted by Gasteiger charge is 2.36. The predicted molar refractivity (Wildman–Crippen MR) is 91.1 cm³/mol. The summed E-state index contributed by atoms with van der Waals surface area (Å²) in [6.07, 6.45) is 7.04. The number of hydrogen-bond acceptors (Lipinski definition) is 3. The number of hydrogen-bond donors (Lipinski definition) is 0. The highest BCUT2D eigenvalue weighted by Crippen LogP contribution is 2.40. The summed E-state index contributed by atoms with van der Waals surface area (Å²) in [5.74, 6) is 0. The molecule has 1 fully saturated rings. The minimum Gasteiger partial charge on any atom is -0.297 e. The fourth-order valence-corrected chi connectivity index (χ4v) is 4.59. The first-order valence-corrected chi connectivity index (χ1v) is 8.71. The molecule has 2 unspecified atom stereocenters. The molecule has 0 saturated carbocycles. The molecule has 2 nitrogen and oxygen atoms in total. The van der Waals surface area contributed by atoms with Crippen LogP contribution in [0.4, 0.5) is 0 Å². The first-order valence-electron chi connectivity index (χ1n) is 7.89. The van der Waals surface area contributed by atoms with E-state index in [1.54, 1.807) is 11.3 Å². The van der Waals surface area contributed by atoms with Gasteiger partial charge in [-0.25, -0.2) is 0 Å². The molecular formula is C19H19NOS. The largest absolute Gasteiger partial charge is 0.297 e. The van der Waals surface area contributed by atoms with Gasteiger partial charge in [0, 0.05) is 23.5 Å². The number of aldehydes is 1. The monoisotopic (exact) mass is 309 g/mol. The normalized spacial score (nSPS) is 24.3. The van der Waals surface area contributed by atoms with E-state index in [-0.39, 0.29) is 0 Å². The van der Waals surface area contributed by atoms with Crippen molar-refractivity contribution in [3.05, 3.63) is 63.9 Å². The van der Waals surface area contributed by atoms with E-state index >= 15 is 0 Å². The molecular weight excluding hydrogens is 290 g/mol. The molecule has 0 spiro atoms. The molecule has 112 valence electrons. The Bertz CT molecular complexity index is 703. The van der Waals surface area contributed by atoms with E-state index in [4.69, 9.17) is 0 Å². The van der Waals surface area contributed by atoms with Gasteiger partial charge in [0.05, 0.1) is 4.88 Å². The van der Waals surface area contributed by atoms with Crippen LogP contribution in [0.15, 0.2) is 48.5 Å². The van der Waals surface area contributed by atoms with Crippen molar-refractivity contribution in [3.8, 4) is 0 Å². The lowest BCUT2D eigenvalue weighted by Crippen LogP contribution is -2.37. The van der Waals surface area contributed by atoms with Crippen molar-refractivity contribution in [2.24, 2.45) is 0 Å². The highest BCUT2D eigenvalue weighted by molar-refractivity contribution is 7.14. The number of carbonyl (C=O) groups is 1. The summed E-state index contributed by atoms with van der Waals surface area (Å²) >= 11 is 1.62. The third kappa shape index (κ3) is 2.55. The number of benzene rings is 1. The first kappa shape index (κ1) is 13.9. The number of thiophene rings is 1. The van der Waals surface area contributed by atoms with Crippen molar-refractivity contribution in [2.45, 2.75) is 37.9 Å². The van der Waals surface area contributed by atoms with Crippen LogP contribution < -0.4 is 0 Å². The van der Waals surface area contributed by atoms with Crippen LogP contribution in [0, 0.1) is 0 Å². The standard InChI is InChI=1S/C19H19NOS/c21-13-18-8-9-19(22-18)15-10-16-6-7-17(11-15)20(16)12-14-4-2-1-3-5-14/h1-5,8-10,13,16-17H,6-7,11-12H2. The Morgan fingerprint density at radius 1 is 1.14 bits per heavy atom. The SMILES string of the molecule is O=Cc1ccc(C2=CC3CCC(C2)N3Cc2ccccc2)s1. The average molecular weight is 309 g/mol. The maximum Gasteiger partial charge on any atom is 0.160 e. The van der Waals surface area contributed by atoms with Crippen LogP contribution in [-0.4, -0.2) is 23.3 Å². The zero-order valence-electron chi connectivity index (χ0n) is 12.4. The van der Waals surface area contributed by atoms with Gasteiger partial charge in [0.15, 0.2) is 6.29 Å². The predicted octanol–water partition coefficient (Wildman–Crippen LogP) is 4.38. The smallest absolute Gasteiger partial charge is 0.160 e. The molecule has 0 N–H and O–H groups in total. The van der Waals surface area contributed by atoms with Gasteiger partial charge < -0.3 is 0 Å². The third-order valence-electron chi connectivity index (χ3n) is 4.81. The summed E-state index contributed by atoms with van der Waals surface area (Å²) in [5.41, 5.74) is 2.84. The topological polar surface area (TPSA) is 20.3 Å². The summed E-state index contributed by atoms with van der Waals surface area (Å²) in [6.45, 7) is 1.05. The van der Waals surface area contributed by atoms with E-state index in [9.17, 15) is 4.79 Å². The summed E-state index contributed by atoms with van der Waals surface area (Å²) in [4.78, 5) is 15.6. The number of fused-ring (bicyclic) bond motifs is 2. The van der Waals surface area contributed by atoms with Crippen LogP contribution >= 0.6 is 11.3 Å². The lowest BCUT2D eigenvalue weighted by Gasteiger charge is -2.33. The van der Waals surface area contributed by atoms with Gasteiger partial charge >= 0.3 is 0 Å². The molecule has 2 aliphatic heterocycles. The maximum absolute atomic E-state index is 10.9. The van der Waals surface area contributed by atoms with Crippen LogP contribution in [0.25, 0.3) is 5.57 Å². The Balaban J connectivity index is 1.56. The second-order valence-electron chi connectivity index (χ2n) is 6.17. The highest BCUT2D eigenvalue weighted by atomic mass is 32.1. The van der Waals surface area contributed by atoms with Gasteiger partial charge in [-0.3, -0.25) is 9.69 Å². The Labute approximate surface area is 135 Å². The molecule has 1 saturated heterocycles. The molecule has 0 aliphatic carbocycles. The summed E-state index contributed by atoms with van der Waals surface area (Å²) in [7, 11) is 0. The molecule has 4 rings (SSSR count). The van der Waals surface area contributed by atoms with E-state index in [0.717, 1.165) is 24.1 Å². The number of nitrogens with zero attached hydrogens (tertiary/aromatic N) is 1. The molecule has 22 heavy (non-hydrogen) atoms. The Hall–Kier alpha value is -1.71. The number of carbonyl (C=O) groups excluding carboxylic acids is 1. The van der Waals surface area contributed by atoms with Crippen LogP contribution in [0.3, 0.4) is 0 Å². The lowest BCUT2D eigenvalue weighted by molar-refractivity contribution is 0.112. The van der Waals surface area contributed by atoms with Crippen LogP contribution in [-0.2, 0) is 6.54 Å². The molecule has 2 bridgehead atoms. The van der Waals surface area contributed by atoms with Crippen molar-refractivity contribution in [1.82, 2.24) is 4.90 Å². The van der Waals surface area contributed by atoms with Crippen LogP contribution in [0.1, 0.15) is 39.4 Å². The third-order valence-corrected chi connectivity index (χ3v) is 5.89. The number of rotatable bonds is 4. The van der Waals surface area contributed by atoms with Crippen LogP contribution in [0.2, 0.25) is 0 Å². The molecule has 2 atom stereocenters. The molecule has 1 aromatic heterocycles. The Morgan fingerprint density at radius 2 is 2.00 bits per heavy atom. The van der Waals surface area contributed by atoms with Crippen LogP contribution in [0.5, 0.6) is 0 Å². The van der Waals surface area contributed by atoms with Gasteiger partial charge in [0.2, 0.25) is 0 Å². The van der Waals surface area contributed by atoms with Gasteiger partial charge in [-0.2, -0.15) is 0 Å². The zero-order chi connectivity index (χ0) is 14.9. The molecule has 2 aliphatic rings. The summed E-state index contributed by atoms with van der Waals surface area (Å²) < 4.78 is 0. The van der Waals surface area contributed by atoms with Crippen molar-refractivity contribution in [1.29, 1.82) is 0 Å². The lowest BCUT2D eigenvalue weighted by atomic mass is 9.99. The second kappa shape index (κ2) is 5.82. The van der Waals surface area contributed by atoms with Crippen molar-refractivity contribution >= 4 is 23.2 Å². The molecule has 1 aromatic carbocycles. The minimum atomic E-state index is 0.552. The van der Waals surface area contributed by atoms with Gasteiger partial charge in [-0.05, 0) is 42.5 Å². The van der Waals surface area contributed by atoms with E-state index in [1.165, 1.54) is 28.9 Å². The fourth-order valence-electron chi connectivity index (χ4n) is 3.73. The second-order valence-corrected chi connectivity index (χ2v) is 7.29. The van der Waals surface area contributed by atoms with E-state index in [0.29, 0.717) is 12.1 Å². The van der Waals surface area contributed by atoms with E-state index in [2.05, 4.69) is 47.4 Å². The quantitative estimate of drug-likeness (QED) is 0.781. The summed E-state index contributed by atoms with van der Waals surface area (Å²) in [5, 5.41) is 0. The molecule has 0 radical (unpaired) electrons. The summed E-state index contributed by atoms with van der Waals surface area (Å²) in [6, 6.07) is 16.0. The first-order chi connectivity index (χ1) is 10.8. The zero-order valence-corrected chi connectivity index (χ0v) is 13.3. The van der Waals surface area contributed by atoms with Gasteiger partial charge in [0.1, 0.15) is 0 Å². The van der Waals surface area contributed by atoms with Crippen molar-refractivity contribution in [2.75, 3.05) is 0 Å². The Kier molecular flexibility index (Phi) is 3.68. The fraction of sp³-hybridized carbons (Fsp3) is 0.316. The van der Waals surface area contributed by atoms with Crippen molar-refractivity contribution in [3.63, 3.8) is 0 Å². The van der Waals surface area contributed by atoms with E-state index < -0.39 is 0 Å². The Morgan fingerprint density at radius 3 is 2.73 bits per heavy atom. The van der Waals surface area contributed by atoms with E-state index in [1.807, 2.05) is 6.07 Å². The molecule has 3 heteroatoms. The molecule has 3 heterocycles. The minimum absolute atomic E-state index is 0.552. The van der Waals surface area contributed by atoms with Crippen molar-refractivity contribution < 1.29 is 4.79 Å². The molecule has 0 amide bonds. The van der Waals surface area contributed by atoms with Gasteiger partial charge in [-0.1, -0.05) is 36.4 Å². The maximum atomic E-state index is 10.9. The molecule has 2 aromatic rings. The van der Waals surface area contributed by atoms with Gasteiger partial charge in [-0.15, -0.1) is 11.3 Å². The van der Waals surface area contributed by atoms with Gasteiger partial charge in [0.25, 0.3) is 0 Å².